The van der Waals surface area contributed by atoms with Gasteiger partial charge in [0.05, 0.1) is 12.1 Å². The van der Waals surface area contributed by atoms with Crippen molar-refractivity contribution in [1.29, 1.82) is 0 Å². The fourth-order valence-corrected chi connectivity index (χ4v) is 2.05. The second-order valence-corrected chi connectivity index (χ2v) is 4.94. The predicted molar refractivity (Wildman–Crippen MR) is 66.9 cm³/mol. The highest BCUT2D eigenvalue weighted by molar-refractivity contribution is 5.03. The summed E-state index contributed by atoms with van der Waals surface area (Å²) in [5, 5.41) is 4.02. The molecule has 0 amide bonds. The lowest BCUT2D eigenvalue weighted by Gasteiger charge is -2.28. The monoisotopic (exact) mass is 254 g/mol. The van der Waals surface area contributed by atoms with Gasteiger partial charge < -0.3 is 19.9 Å². The van der Waals surface area contributed by atoms with Crippen molar-refractivity contribution >= 4 is 0 Å². The first kappa shape index (κ1) is 13.5. The summed E-state index contributed by atoms with van der Waals surface area (Å²) in [6.07, 6.45) is 1.44. The maximum absolute atomic E-state index is 6.24. The van der Waals surface area contributed by atoms with Crippen LogP contribution < -0.4 is 5.73 Å². The average Bonchev–Trinajstić information content (AvgIpc) is 2.88. The Balaban J connectivity index is 2.14. The second-order valence-electron chi connectivity index (χ2n) is 4.94. The van der Waals surface area contributed by atoms with Gasteiger partial charge in [0.1, 0.15) is 6.10 Å². The standard InChI is InChI=1S/C12H22N4O2/c1-4-12(13,5-2)11-14-10(15-18-11)9-8-16(3)6-7-17-9/h9H,4-8,13H2,1-3H3. The summed E-state index contributed by atoms with van der Waals surface area (Å²) in [5.41, 5.74) is 5.72. The largest absolute Gasteiger partial charge is 0.367 e. The number of rotatable bonds is 4. The summed E-state index contributed by atoms with van der Waals surface area (Å²) in [6.45, 7) is 6.47. The number of ether oxygens (including phenoxy) is 1. The third-order valence-electron chi connectivity index (χ3n) is 3.69. The van der Waals surface area contributed by atoms with Crippen molar-refractivity contribution < 1.29 is 9.26 Å². The summed E-state index contributed by atoms with van der Waals surface area (Å²) in [4.78, 5) is 6.62. The van der Waals surface area contributed by atoms with Crippen LogP contribution in [0.25, 0.3) is 0 Å². The van der Waals surface area contributed by atoms with Gasteiger partial charge >= 0.3 is 0 Å². The highest BCUT2D eigenvalue weighted by Crippen LogP contribution is 2.26. The molecule has 1 atom stereocenters. The molecule has 0 bridgehead atoms. The maximum atomic E-state index is 6.24. The van der Waals surface area contributed by atoms with Crippen LogP contribution in [-0.4, -0.2) is 41.8 Å². The molecule has 6 nitrogen and oxygen atoms in total. The fourth-order valence-electron chi connectivity index (χ4n) is 2.05. The third-order valence-corrected chi connectivity index (χ3v) is 3.69. The Bertz CT molecular complexity index is 389. The van der Waals surface area contributed by atoms with Gasteiger partial charge in [-0.25, -0.2) is 0 Å². The van der Waals surface area contributed by atoms with E-state index < -0.39 is 5.54 Å². The lowest BCUT2D eigenvalue weighted by Crippen LogP contribution is -2.37. The molecule has 2 heterocycles. The topological polar surface area (TPSA) is 77.4 Å². The molecule has 0 spiro atoms. The Morgan fingerprint density at radius 2 is 2.17 bits per heavy atom. The summed E-state index contributed by atoms with van der Waals surface area (Å²) < 4.78 is 11.0. The third kappa shape index (κ3) is 2.55. The summed E-state index contributed by atoms with van der Waals surface area (Å²) in [5.74, 6) is 1.12. The summed E-state index contributed by atoms with van der Waals surface area (Å²) in [7, 11) is 2.06. The Kier molecular flexibility index (Phi) is 3.99. The van der Waals surface area contributed by atoms with E-state index in [0.29, 0.717) is 18.3 Å². The minimum Gasteiger partial charge on any atom is -0.367 e. The maximum Gasteiger partial charge on any atom is 0.246 e. The van der Waals surface area contributed by atoms with Crippen molar-refractivity contribution in [3.8, 4) is 0 Å². The van der Waals surface area contributed by atoms with Gasteiger partial charge in [0, 0.05) is 13.1 Å². The van der Waals surface area contributed by atoms with Gasteiger partial charge in [-0.15, -0.1) is 0 Å². The van der Waals surface area contributed by atoms with Crippen molar-refractivity contribution in [1.82, 2.24) is 15.0 Å². The number of hydrogen-bond donors (Lipinski definition) is 1. The van der Waals surface area contributed by atoms with Crippen LogP contribution in [0, 0.1) is 0 Å². The molecule has 0 aliphatic carbocycles. The molecular formula is C12H22N4O2. The van der Waals surface area contributed by atoms with Crippen molar-refractivity contribution in [2.45, 2.75) is 38.3 Å². The van der Waals surface area contributed by atoms with Gasteiger partial charge in [-0.3, -0.25) is 0 Å². The van der Waals surface area contributed by atoms with E-state index in [9.17, 15) is 0 Å². The molecule has 0 aromatic carbocycles. The van der Waals surface area contributed by atoms with Crippen molar-refractivity contribution in [2.75, 3.05) is 26.7 Å². The molecule has 2 N–H and O–H groups in total. The molecule has 6 heteroatoms. The van der Waals surface area contributed by atoms with Crippen LogP contribution in [0.2, 0.25) is 0 Å². The molecule has 1 aromatic rings. The van der Waals surface area contributed by atoms with Gasteiger partial charge in [0.25, 0.3) is 0 Å². The molecule has 0 radical (unpaired) electrons. The zero-order valence-electron chi connectivity index (χ0n) is 11.3. The van der Waals surface area contributed by atoms with E-state index in [1.165, 1.54) is 0 Å². The molecule has 102 valence electrons. The molecule has 1 aliphatic heterocycles. The lowest BCUT2D eigenvalue weighted by atomic mass is 9.94. The minimum atomic E-state index is -0.522. The van der Waals surface area contributed by atoms with Gasteiger partial charge in [-0.2, -0.15) is 4.98 Å². The van der Waals surface area contributed by atoms with E-state index in [1.807, 2.05) is 13.8 Å². The van der Waals surface area contributed by atoms with E-state index in [1.54, 1.807) is 0 Å². The lowest BCUT2D eigenvalue weighted by molar-refractivity contribution is -0.0264. The Morgan fingerprint density at radius 3 is 2.78 bits per heavy atom. The van der Waals surface area contributed by atoms with Crippen LogP contribution in [-0.2, 0) is 10.3 Å². The molecule has 1 fully saturated rings. The Labute approximate surface area is 107 Å². The van der Waals surface area contributed by atoms with E-state index >= 15 is 0 Å². The normalized spacial score (nSPS) is 22.3. The van der Waals surface area contributed by atoms with Crippen molar-refractivity contribution in [2.24, 2.45) is 5.73 Å². The molecule has 2 rings (SSSR count). The summed E-state index contributed by atoms with van der Waals surface area (Å²) >= 11 is 0. The number of nitrogens with zero attached hydrogens (tertiary/aromatic N) is 3. The number of likely N-dealkylation sites (N-methyl/N-ethyl adjacent to an activating group) is 1. The molecule has 0 saturated carbocycles. The van der Waals surface area contributed by atoms with E-state index in [4.69, 9.17) is 15.0 Å². The van der Waals surface area contributed by atoms with Crippen LogP contribution in [0.1, 0.15) is 44.5 Å². The van der Waals surface area contributed by atoms with Crippen LogP contribution in [0.15, 0.2) is 4.52 Å². The van der Waals surface area contributed by atoms with E-state index in [-0.39, 0.29) is 6.10 Å². The highest BCUT2D eigenvalue weighted by Gasteiger charge is 2.32. The smallest absolute Gasteiger partial charge is 0.246 e. The average molecular weight is 254 g/mol. The van der Waals surface area contributed by atoms with Gasteiger partial charge in [0.15, 0.2) is 0 Å². The molecular weight excluding hydrogens is 232 g/mol. The van der Waals surface area contributed by atoms with Crippen molar-refractivity contribution in [3.63, 3.8) is 0 Å². The first-order valence-electron chi connectivity index (χ1n) is 6.52. The van der Waals surface area contributed by atoms with E-state index in [0.717, 1.165) is 25.9 Å². The minimum absolute atomic E-state index is 0.112. The first-order valence-corrected chi connectivity index (χ1v) is 6.52. The molecule has 1 unspecified atom stereocenters. The SMILES string of the molecule is CCC(N)(CC)c1nc(C2CN(C)CCO2)no1. The zero-order valence-corrected chi connectivity index (χ0v) is 11.3. The Morgan fingerprint density at radius 1 is 1.44 bits per heavy atom. The van der Waals surface area contributed by atoms with Crippen LogP contribution in [0.5, 0.6) is 0 Å². The Hall–Kier alpha value is -0.980. The van der Waals surface area contributed by atoms with Crippen LogP contribution in [0.3, 0.4) is 0 Å². The van der Waals surface area contributed by atoms with Crippen molar-refractivity contribution in [3.05, 3.63) is 11.7 Å². The van der Waals surface area contributed by atoms with Crippen LogP contribution in [0.4, 0.5) is 0 Å². The highest BCUT2D eigenvalue weighted by atomic mass is 16.5. The van der Waals surface area contributed by atoms with Gasteiger partial charge in [0.2, 0.25) is 11.7 Å². The molecule has 1 saturated heterocycles. The number of nitrogens with two attached hydrogens (primary N) is 1. The predicted octanol–water partition coefficient (Wildman–Crippen LogP) is 1.05. The number of morpholine rings is 1. The van der Waals surface area contributed by atoms with Gasteiger partial charge in [-0.05, 0) is 19.9 Å². The first-order chi connectivity index (χ1) is 8.59. The molecule has 1 aliphatic rings. The van der Waals surface area contributed by atoms with E-state index in [2.05, 4.69) is 22.1 Å². The summed E-state index contributed by atoms with van der Waals surface area (Å²) in [6, 6.07) is 0. The molecule has 18 heavy (non-hydrogen) atoms. The number of hydrogen-bond acceptors (Lipinski definition) is 6. The van der Waals surface area contributed by atoms with Gasteiger partial charge in [-0.1, -0.05) is 19.0 Å². The number of aromatic nitrogens is 2. The fraction of sp³-hybridized carbons (Fsp3) is 0.833. The second kappa shape index (κ2) is 5.34. The van der Waals surface area contributed by atoms with Crippen LogP contribution >= 0.6 is 0 Å². The quantitative estimate of drug-likeness (QED) is 0.865. The molecule has 1 aromatic heterocycles. The zero-order chi connectivity index (χ0) is 13.2.